The van der Waals surface area contributed by atoms with E-state index < -0.39 is 0 Å². The lowest BCUT2D eigenvalue weighted by molar-refractivity contribution is 0.833. The normalized spacial score (nSPS) is 12.1. The number of rotatable bonds is 4. The number of nitrogens with one attached hydrogen (secondary N) is 2. The smallest absolute Gasteiger partial charge is 0.224 e. The summed E-state index contributed by atoms with van der Waals surface area (Å²) in [6, 6.07) is 13.9. The van der Waals surface area contributed by atoms with E-state index in [1.54, 1.807) is 6.20 Å². The number of hydrogen-bond acceptors (Lipinski definition) is 5. The van der Waals surface area contributed by atoms with E-state index in [-0.39, 0.29) is 6.04 Å². The van der Waals surface area contributed by atoms with Gasteiger partial charge in [0, 0.05) is 18.6 Å². The van der Waals surface area contributed by atoms with E-state index >= 15 is 0 Å². The zero-order chi connectivity index (χ0) is 14.7. The number of nitrogens with zero attached hydrogens (tertiary/aromatic N) is 3. The third-order valence-corrected chi connectivity index (χ3v) is 3.31. The molecule has 5 nitrogen and oxygen atoms in total. The fourth-order valence-electron chi connectivity index (χ4n) is 2.21. The minimum atomic E-state index is 0.0641. The average Bonchev–Trinajstić information content (AvgIpc) is 2.55. The van der Waals surface area contributed by atoms with Gasteiger partial charge in [0.25, 0.3) is 0 Å². The molecule has 0 aliphatic carbocycles. The molecule has 5 heteroatoms. The molecule has 0 spiro atoms. The molecule has 2 N–H and O–H groups in total. The van der Waals surface area contributed by atoms with Crippen molar-refractivity contribution in [2.24, 2.45) is 0 Å². The van der Waals surface area contributed by atoms with Crippen LogP contribution in [0.4, 0.5) is 11.8 Å². The number of para-hydroxylation sites is 1. The minimum Gasteiger partial charge on any atom is -0.361 e. The summed E-state index contributed by atoms with van der Waals surface area (Å²) in [5.41, 5.74) is 1.89. The van der Waals surface area contributed by atoms with Crippen LogP contribution in [0.2, 0.25) is 0 Å². The van der Waals surface area contributed by atoms with Gasteiger partial charge in [-0.2, -0.15) is 4.98 Å². The van der Waals surface area contributed by atoms with E-state index in [4.69, 9.17) is 0 Å². The summed E-state index contributed by atoms with van der Waals surface area (Å²) in [5, 5.41) is 7.42. The monoisotopic (exact) mass is 279 g/mol. The molecule has 1 atom stereocenters. The van der Waals surface area contributed by atoms with Crippen LogP contribution in [0.5, 0.6) is 0 Å². The number of benzene rings is 1. The van der Waals surface area contributed by atoms with E-state index in [9.17, 15) is 0 Å². The Balaban J connectivity index is 1.99. The van der Waals surface area contributed by atoms with Crippen LogP contribution in [0.3, 0.4) is 0 Å². The molecule has 0 radical (unpaired) electrons. The molecule has 0 aliphatic rings. The predicted molar refractivity (Wildman–Crippen MR) is 85.4 cm³/mol. The number of hydrogen-bond donors (Lipinski definition) is 2. The maximum atomic E-state index is 4.52. The second-order valence-corrected chi connectivity index (χ2v) is 4.78. The molecule has 21 heavy (non-hydrogen) atoms. The number of fused-ring (bicyclic) bond motifs is 1. The Kier molecular flexibility index (Phi) is 3.64. The van der Waals surface area contributed by atoms with Crippen molar-refractivity contribution in [2.75, 3.05) is 17.7 Å². The van der Waals surface area contributed by atoms with Crippen LogP contribution in [0.15, 0.2) is 48.7 Å². The Labute approximate surface area is 123 Å². The van der Waals surface area contributed by atoms with E-state index in [0.717, 1.165) is 22.4 Å². The van der Waals surface area contributed by atoms with Crippen molar-refractivity contribution in [3.63, 3.8) is 0 Å². The van der Waals surface area contributed by atoms with Gasteiger partial charge in [0.2, 0.25) is 5.95 Å². The van der Waals surface area contributed by atoms with Crippen LogP contribution in [0, 0.1) is 0 Å². The topological polar surface area (TPSA) is 62.7 Å². The maximum absolute atomic E-state index is 4.52. The average molecular weight is 279 g/mol. The molecular formula is C16H17N5. The van der Waals surface area contributed by atoms with Gasteiger partial charge in [-0.25, -0.2) is 4.98 Å². The molecule has 1 aromatic carbocycles. The molecule has 0 amide bonds. The second-order valence-electron chi connectivity index (χ2n) is 4.78. The first-order valence-corrected chi connectivity index (χ1v) is 6.90. The Morgan fingerprint density at radius 3 is 2.57 bits per heavy atom. The van der Waals surface area contributed by atoms with Gasteiger partial charge in [-0.1, -0.05) is 18.2 Å². The zero-order valence-electron chi connectivity index (χ0n) is 12.0. The minimum absolute atomic E-state index is 0.0641. The van der Waals surface area contributed by atoms with Crippen molar-refractivity contribution in [1.29, 1.82) is 0 Å². The lowest BCUT2D eigenvalue weighted by Gasteiger charge is -2.16. The fourth-order valence-corrected chi connectivity index (χ4v) is 2.21. The van der Waals surface area contributed by atoms with Gasteiger partial charge >= 0.3 is 0 Å². The molecule has 2 heterocycles. The third kappa shape index (κ3) is 2.76. The van der Waals surface area contributed by atoms with Crippen molar-refractivity contribution < 1.29 is 0 Å². The summed E-state index contributed by atoms with van der Waals surface area (Å²) < 4.78 is 0. The summed E-state index contributed by atoms with van der Waals surface area (Å²) >= 11 is 0. The van der Waals surface area contributed by atoms with Crippen LogP contribution in [-0.2, 0) is 0 Å². The first kappa shape index (κ1) is 13.3. The highest BCUT2D eigenvalue weighted by Gasteiger charge is 2.11. The quantitative estimate of drug-likeness (QED) is 0.767. The molecule has 3 aromatic rings. The lowest BCUT2D eigenvalue weighted by Crippen LogP contribution is -2.11. The van der Waals surface area contributed by atoms with Crippen LogP contribution in [0.1, 0.15) is 18.7 Å². The molecule has 0 aliphatic heterocycles. The second kappa shape index (κ2) is 5.75. The molecule has 0 saturated heterocycles. The van der Waals surface area contributed by atoms with Gasteiger partial charge in [-0.05, 0) is 31.2 Å². The summed E-state index contributed by atoms with van der Waals surface area (Å²) in [6.45, 7) is 2.07. The highest BCUT2D eigenvalue weighted by molar-refractivity contribution is 5.90. The van der Waals surface area contributed by atoms with E-state index in [1.165, 1.54) is 0 Å². The Morgan fingerprint density at radius 2 is 1.81 bits per heavy atom. The maximum Gasteiger partial charge on any atom is 0.224 e. The van der Waals surface area contributed by atoms with Gasteiger partial charge in [0.05, 0.1) is 17.3 Å². The molecule has 0 saturated carbocycles. The molecule has 2 aromatic heterocycles. The van der Waals surface area contributed by atoms with Crippen molar-refractivity contribution in [3.05, 3.63) is 54.4 Å². The first-order chi connectivity index (χ1) is 10.3. The highest BCUT2D eigenvalue weighted by Crippen LogP contribution is 2.25. The summed E-state index contributed by atoms with van der Waals surface area (Å²) in [7, 11) is 1.82. The SMILES string of the molecule is CNc1nc(NC(C)c2ccccn2)c2ccccc2n1. The van der Waals surface area contributed by atoms with Gasteiger partial charge in [0.15, 0.2) is 0 Å². The van der Waals surface area contributed by atoms with Crippen LogP contribution in [0.25, 0.3) is 10.9 Å². The molecule has 0 fully saturated rings. The van der Waals surface area contributed by atoms with Gasteiger partial charge in [-0.3, -0.25) is 4.98 Å². The van der Waals surface area contributed by atoms with Crippen LogP contribution < -0.4 is 10.6 Å². The molecule has 1 unspecified atom stereocenters. The molecule has 106 valence electrons. The lowest BCUT2D eigenvalue weighted by atomic mass is 10.2. The van der Waals surface area contributed by atoms with Gasteiger partial charge in [0.1, 0.15) is 5.82 Å². The number of aromatic nitrogens is 3. The Morgan fingerprint density at radius 1 is 1.00 bits per heavy atom. The third-order valence-electron chi connectivity index (χ3n) is 3.31. The van der Waals surface area contributed by atoms with Crippen LogP contribution in [-0.4, -0.2) is 22.0 Å². The zero-order valence-corrected chi connectivity index (χ0v) is 12.0. The first-order valence-electron chi connectivity index (χ1n) is 6.90. The van der Waals surface area contributed by atoms with Crippen molar-refractivity contribution in [1.82, 2.24) is 15.0 Å². The number of pyridine rings is 1. The number of anilines is 2. The van der Waals surface area contributed by atoms with Crippen molar-refractivity contribution >= 4 is 22.7 Å². The van der Waals surface area contributed by atoms with Crippen molar-refractivity contribution in [3.8, 4) is 0 Å². The Bertz CT molecular complexity index is 742. The van der Waals surface area contributed by atoms with E-state index in [0.29, 0.717) is 5.95 Å². The standard InChI is InChI=1S/C16H17N5/c1-11(13-8-5-6-10-18-13)19-15-12-7-3-4-9-14(12)20-16(17-2)21-15/h3-11H,1-2H3,(H2,17,19,20,21). The molecule has 3 rings (SSSR count). The summed E-state index contributed by atoms with van der Waals surface area (Å²) in [6.07, 6.45) is 1.80. The molecule has 0 bridgehead atoms. The van der Waals surface area contributed by atoms with Crippen molar-refractivity contribution in [2.45, 2.75) is 13.0 Å². The van der Waals surface area contributed by atoms with E-state index in [2.05, 4.69) is 32.5 Å². The summed E-state index contributed by atoms with van der Waals surface area (Å²) in [5.74, 6) is 1.41. The van der Waals surface area contributed by atoms with E-state index in [1.807, 2.05) is 49.5 Å². The van der Waals surface area contributed by atoms with Crippen LogP contribution >= 0.6 is 0 Å². The van der Waals surface area contributed by atoms with Gasteiger partial charge < -0.3 is 10.6 Å². The van der Waals surface area contributed by atoms with Gasteiger partial charge in [-0.15, -0.1) is 0 Å². The Hall–Kier alpha value is -2.69. The molecular weight excluding hydrogens is 262 g/mol. The fraction of sp³-hybridized carbons (Fsp3) is 0.188. The highest BCUT2D eigenvalue weighted by atomic mass is 15.1. The summed E-state index contributed by atoms with van der Waals surface area (Å²) in [4.78, 5) is 13.4. The predicted octanol–water partition coefficient (Wildman–Crippen LogP) is 3.24. The largest absolute Gasteiger partial charge is 0.361 e.